The van der Waals surface area contributed by atoms with Crippen molar-refractivity contribution in [2.75, 3.05) is 13.2 Å². The second-order valence-corrected chi connectivity index (χ2v) is 4.39. The Hall–Kier alpha value is -1.82. The molecule has 6 heteroatoms. The van der Waals surface area contributed by atoms with Gasteiger partial charge in [0.25, 0.3) is 5.91 Å². The highest BCUT2D eigenvalue weighted by molar-refractivity contribution is 5.95. The number of furan rings is 1. The molecule has 1 rings (SSSR count). The van der Waals surface area contributed by atoms with Gasteiger partial charge in [0.1, 0.15) is 6.26 Å². The number of rotatable bonds is 8. The summed E-state index contributed by atoms with van der Waals surface area (Å²) >= 11 is 0. The molecule has 0 bridgehead atoms. The number of carboxylic acid groups (broad SMARTS) is 1. The Kier molecular flexibility index (Phi) is 6.08. The van der Waals surface area contributed by atoms with Crippen molar-refractivity contribution in [3.63, 3.8) is 0 Å². The van der Waals surface area contributed by atoms with E-state index in [2.05, 4.69) is 5.32 Å². The van der Waals surface area contributed by atoms with Crippen molar-refractivity contribution in [1.29, 1.82) is 0 Å². The lowest BCUT2D eigenvalue weighted by atomic mass is 10.3. The summed E-state index contributed by atoms with van der Waals surface area (Å²) in [4.78, 5) is 22.2. The van der Waals surface area contributed by atoms with E-state index in [1.165, 1.54) is 6.07 Å². The first-order valence-corrected chi connectivity index (χ1v) is 6.22. The molecule has 0 aliphatic heterocycles. The molecule has 0 fully saturated rings. The Morgan fingerprint density at radius 3 is 2.74 bits per heavy atom. The fourth-order valence-electron chi connectivity index (χ4n) is 1.40. The molecule has 6 nitrogen and oxygen atoms in total. The third-order valence-electron chi connectivity index (χ3n) is 2.38. The van der Waals surface area contributed by atoms with Crippen LogP contribution in [0.4, 0.5) is 0 Å². The van der Waals surface area contributed by atoms with E-state index >= 15 is 0 Å². The molecule has 0 saturated heterocycles. The van der Waals surface area contributed by atoms with Gasteiger partial charge in [-0.25, -0.2) is 4.79 Å². The van der Waals surface area contributed by atoms with Crippen LogP contribution in [-0.4, -0.2) is 36.2 Å². The zero-order valence-corrected chi connectivity index (χ0v) is 11.1. The van der Waals surface area contributed by atoms with Crippen molar-refractivity contribution in [3.8, 4) is 0 Å². The minimum absolute atomic E-state index is 0.0100. The topological polar surface area (TPSA) is 88.8 Å². The molecule has 1 heterocycles. The van der Waals surface area contributed by atoms with Gasteiger partial charge in [-0.1, -0.05) is 0 Å². The predicted molar refractivity (Wildman–Crippen MR) is 68.3 cm³/mol. The van der Waals surface area contributed by atoms with E-state index < -0.39 is 11.9 Å². The van der Waals surface area contributed by atoms with E-state index in [0.717, 1.165) is 19.1 Å². The minimum Gasteiger partial charge on any atom is -0.478 e. The van der Waals surface area contributed by atoms with E-state index in [1.54, 1.807) is 0 Å². The van der Waals surface area contributed by atoms with Crippen LogP contribution in [0.25, 0.3) is 0 Å². The van der Waals surface area contributed by atoms with Gasteiger partial charge in [0.05, 0.1) is 11.7 Å². The highest BCUT2D eigenvalue weighted by atomic mass is 16.5. The number of unbranched alkanes of at least 4 members (excludes halogenated alkanes) is 1. The van der Waals surface area contributed by atoms with Crippen LogP contribution in [0.3, 0.4) is 0 Å². The summed E-state index contributed by atoms with van der Waals surface area (Å²) in [6, 6.07) is 1.21. The lowest BCUT2D eigenvalue weighted by Crippen LogP contribution is -2.24. The number of ether oxygens (including phenoxy) is 1. The zero-order chi connectivity index (χ0) is 14.3. The lowest BCUT2D eigenvalue weighted by Gasteiger charge is -2.07. The van der Waals surface area contributed by atoms with Crippen molar-refractivity contribution in [2.24, 2.45) is 0 Å². The SMILES string of the molecule is CC(C)OCCCCNC(=O)c1cc(C(=O)O)co1. The van der Waals surface area contributed by atoms with Crippen LogP contribution in [0.2, 0.25) is 0 Å². The monoisotopic (exact) mass is 269 g/mol. The van der Waals surface area contributed by atoms with Crippen LogP contribution in [-0.2, 0) is 4.74 Å². The number of carboxylic acids is 1. The summed E-state index contributed by atoms with van der Waals surface area (Å²) in [5, 5.41) is 11.4. The van der Waals surface area contributed by atoms with Gasteiger partial charge in [0.15, 0.2) is 5.76 Å². The summed E-state index contributed by atoms with van der Waals surface area (Å²) < 4.78 is 10.2. The number of hydrogen-bond donors (Lipinski definition) is 2. The largest absolute Gasteiger partial charge is 0.478 e. The van der Waals surface area contributed by atoms with Gasteiger partial charge in [0.2, 0.25) is 0 Å². The highest BCUT2D eigenvalue weighted by Gasteiger charge is 2.13. The molecule has 2 N–H and O–H groups in total. The fourth-order valence-corrected chi connectivity index (χ4v) is 1.40. The van der Waals surface area contributed by atoms with Gasteiger partial charge in [0, 0.05) is 19.2 Å². The quantitative estimate of drug-likeness (QED) is 0.704. The molecule has 0 radical (unpaired) electrons. The smallest absolute Gasteiger partial charge is 0.338 e. The zero-order valence-electron chi connectivity index (χ0n) is 11.1. The first-order valence-electron chi connectivity index (χ1n) is 6.22. The summed E-state index contributed by atoms with van der Waals surface area (Å²) in [6.07, 6.45) is 2.92. The van der Waals surface area contributed by atoms with Crippen LogP contribution in [0.1, 0.15) is 47.6 Å². The molecule has 0 aromatic carbocycles. The van der Waals surface area contributed by atoms with Crippen molar-refractivity contribution < 1.29 is 23.8 Å². The standard InChI is InChI=1S/C13H19NO5/c1-9(2)18-6-4-3-5-14-12(15)11-7-10(8-19-11)13(16)17/h7-9H,3-6H2,1-2H3,(H,14,15)(H,16,17). The fraction of sp³-hybridized carbons (Fsp3) is 0.538. The second-order valence-electron chi connectivity index (χ2n) is 4.39. The van der Waals surface area contributed by atoms with Gasteiger partial charge in [-0.15, -0.1) is 0 Å². The third kappa shape index (κ3) is 5.56. The third-order valence-corrected chi connectivity index (χ3v) is 2.38. The predicted octanol–water partition coefficient (Wildman–Crippen LogP) is 1.91. The number of hydrogen-bond acceptors (Lipinski definition) is 4. The first kappa shape index (κ1) is 15.2. The Bertz CT molecular complexity index is 424. The van der Waals surface area contributed by atoms with Crippen LogP contribution in [0.15, 0.2) is 16.7 Å². The van der Waals surface area contributed by atoms with Gasteiger partial charge in [-0.2, -0.15) is 0 Å². The first-order chi connectivity index (χ1) is 9.00. The van der Waals surface area contributed by atoms with Crippen LogP contribution in [0.5, 0.6) is 0 Å². The average molecular weight is 269 g/mol. The van der Waals surface area contributed by atoms with Gasteiger partial charge in [-0.05, 0) is 26.7 Å². The maximum Gasteiger partial charge on any atom is 0.338 e. The molecule has 0 spiro atoms. The van der Waals surface area contributed by atoms with Gasteiger partial charge in [-0.3, -0.25) is 4.79 Å². The Morgan fingerprint density at radius 2 is 2.16 bits per heavy atom. The van der Waals surface area contributed by atoms with E-state index in [4.69, 9.17) is 14.3 Å². The highest BCUT2D eigenvalue weighted by Crippen LogP contribution is 2.07. The van der Waals surface area contributed by atoms with E-state index in [9.17, 15) is 9.59 Å². The Balaban J connectivity index is 2.22. The van der Waals surface area contributed by atoms with Crippen LogP contribution < -0.4 is 5.32 Å². The van der Waals surface area contributed by atoms with Gasteiger partial charge < -0.3 is 19.6 Å². The second kappa shape index (κ2) is 7.58. The number of aromatic carboxylic acids is 1. The van der Waals surface area contributed by atoms with Gasteiger partial charge >= 0.3 is 5.97 Å². The molecular formula is C13H19NO5. The molecule has 0 aliphatic carbocycles. The van der Waals surface area contributed by atoms with Crippen molar-refractivity contribution in [3.05, 3.63) is 23.7 Å². The maximum absolute atomic E-state index is 11.6. The molecule has 19 heavy (non-hydrogen) atoms. The normalized spacial score (nSPS) is 10.7. The van der Waals surface area contributed by atoms with E-state index in [-0.39, 0.29) is 17.4 Å². The number of carbonyl (C=O) groups is 2. The Labute approximate surface area is 111 Å². The summed E-state index contributed by atoms with van der Waals surface area (Å²) in [5.74, 6) is -1.51. The van der Waals surface area contributed by atoms with Crippen molar-refractivity contribution >= 4 is 11.9 Å². The number of nitrogens with one attached hydrogen (secondary N) is 1. The minimum atomic E-state index is -1.12. The van der Waals surface area contributed by atoms with Crippen LogP contribution in [0, 0.1) is 0 Å². The molecule has 0 atom stereocenters. The molecule has 1 aromatic heterocycles. The van der Waals surface area contributed by atoms with E-state index in [1.807, 2.05) is 13.8 Å². The van der Waals surface area contributed by atoms with E-state index in [0.29, 0.717) is 13.2 Å². The summed E-state index contributed by atoms with van der Waals surface area (Å²) in [7, 11) is 0. The molecule has 0 aliphatic rings. The maximum atomic E-state index is 11.6. The summed E-state index contributed by atoms with van der Waals surface area (Å²) in [6.45, 7) is 5.11. The molecule has 106 valence electrons. The molecule has 0 unspecified atom stereocenters. The molecule has 1 amide bonds. The average Bonchev–Trinajstić information content (AvgIpc) is 2.82. The van der Waals surface area contributed by atoms with Crippen molar-refractivity contribution in [2.45, 2.75) is 32.8 Å². The molecule has 0 saturated carbocycles. The number of carbonyl (C=O) groups excluding carboxylic acids is 1. The van der Waals surface area contributed by atoms with Crippen LogP contribution >= 0.6 is 0 Å². The lowest BCUT2D eigenvalue weighted by molar-refractivity contribution is 0.0695. The summed E-state index contributed by atoms with van der Waals surface area (Å²) in [5.41, 5.74) is -0.0320. The Morgan fingerprint density at radius 1 is 1.42 bits per heavy atom. The molecule has 1 aromatic rings. The number of amides is 1. The molecular weight excluding hydrogens is 250 g/mol. The van der Waals surface area contributed by atoms with Crippen molar-refractivity contribution in [1.82, 2.24) is 5.32 Å².